The molecule has 1 aliphatic rings. The molecule has 0 amide bonds. The summed E-state index contributed by atoms with van der Waals surface area (Å²) in [7, 11) is 0. The Morgan fingerprint density at radius 3 is 3.00 bits per heavy atom. The van der Waals surface area contributed by atoms with Gasteiger partial charge >= 0.3 is 0 Å². The van der Waals surface area contributed by atoms with Crippen LogP contribution in [-0.4, -0.2) is 15.0 Å². The number of rotatable bonds is 3. The van der Waals surface area contributed by atoms with Crippen molar-refractivity contribution in [2.75, 3.05) is 0 Å². The molecule has 86 valence electrons. The van der Waals surface area contributed by atoms with E-state index >= 15 is 0 Å². The minimum atomic E-state index is -0.0652. The minimum absolute atomic E-state index is 0.0652. The molecule has 1 fully saturated rings. The summed E-state index contributed by atoms with van der Waals surface area (Å²) in [6.45, 7) is 0. The smallest absolute Gasteiger partial charge is 0.269 e. The van der Waals surface area contributed by atoms with Gasteiger partial charge in [-0.2, -0.15) is 0 Å². The Kier molecular flexibility index (Phi) is 2.48. The predicted octanol–water partition coefficient (Wildman–Crippen LogP) is 1.78. The molecule has 0 spiro atoms. The van der Waals surface area contributed by atoms with Gasteiger partial charge < -0.3 is 4.98 Å². The Hall–Kier alpha value is -1.97. The summed E-state index contributed by atoms with van der Waals surface area (Å²) in [5, 5.41) is 0. The molecule has 0 atom stereocenters. The molecule has 0 radical (unpaired) electrons. The first-order valence-electron chi connectivity index (χ1n) is 5.82. The Labute approximate surface area is 98.8 Å². The van der Waals surface area contributed by atoms with Crippen molar-refractivity contribution < 1.29 is 0 Å². The van der Waals surface area contributed by atoms with E-state index in [1.807, 2.05) is 12.1 Å². The van der Waals surface area contributed by atoms with Gasteiger partial charge in [0.2, 0.25) is 0 Å². The summed E-state index contributed by atoms with van der Waals surface area (Å²) in [4.78, 5) is 22.9. The van der Waals surface area contributed by atoms with Gasteiger partial charge in [0.25, 0.3) is 5.56 Å². The van der Waals surface area contributed by atoms with Crippen LogP contribution in [0, 0.1) is 5.92 Å². The highest BCUT2D eigenvalue weighted by atomic mass is 16.1. The van der Waals surface area contributed by atoms with Crippen LogP contribution >= 0.6 is 0 Å². The van der Waals surface area contributed by atoms with Gasteiger partial charge in [-0.15, -0.1) is 0 Å². The lowest BCUT2D eigenvalue weighted by Gasteiger charge is -2.02. The quantitative estimate of drug-likeness (QED) is 0.869. The lowest BCUT2D eigenvalue weighted by Crippen LogP contribution is -2.15. The first-order valence-corrected chi connectivity index (χ1v) is 5.82. The van der Waals surface area contributed by atoms with E-state index in [1.54, 1.807) is 18.6 Å². The number of hydrogen-bond acceptors (Lipinski definition) is 3. The topological polar surface area (TPSA) is 58.6 Å². The van der Waals surface area contributed by atoms with Crippen LogP contribution < -0.4 is 5.56 Å². The third kappa shape index (κ3) is 2.25. The largest absolute Gasteiger partial charge is 0.325 e. The second-order valence-corrected chi connectivity index (χ2v) is 4.45. The summed E-state index contributed by atoms with van der Waals surface area (Å²) < 4.78 is 0. The zero-order valence-corrected chi connectivity index (χ0v) is 9.39. The van der Waals surface area contributed by atoms with Crippen LogP contribution in [-0.2, 0) is 6.42 Å². The van der Waals surface area contributed by atoms with Crippen LogP contribution in [0.1, 0.15) is 18.5 Å². The second-order valence-electron chi connectivity index (χ2n) is 4.45. The average Bonchev–Trinajstić information content (AvgIpc) is 3.17. The summed E-state index contributed by atoms with van der Waals surface area (Å²) in [5.74, 6) is 0.660. The molecule has 3 rings (SSSR count). The molecule has 17 heavy (non-hydrogen) atoms. The molecule has 1 aliphatic carbocycles. The number of H-pyrrole nitrogens is 1. The molecular weight excluding hydrogens is 214 g/mol. The fourth-order valence-electron chi connectivity index (χ4n) is 1.84. The molecule has 0 bridgehead atoms. The highest BCUT2D eigenvalue weighted by Crippen LogP contribution is 2.31. The number of aromatic nitrogens is 3. The van der Waals surface area contributed by atoms with E-state index in [2.05, 4.69) is 15.0 Å². The van der Waals surface area contributed by atoms with Crippen molar-refractivity contribution in [2.45, 2.75) is 19.3 Å². The molecule has 2 aromatic heterocycles. The van der Waals surface area contributed by atoms with Crippen LogP contribution in [0.5, 0.6) is 0 Å². The monoisotopic (exact) mass is 227 g/mol. The molecule has 1 saturated carbocycles. The summed E-state index contributed by atoms with van der Waals surface area (Å²) in [5.41, 5.74) is 2.30. The predicted molar refractivity (Wildman–Crippen MR) is 64.5 cm³/mol. The van der Waals surface area contributed by atoms with Crippen molar-refractivity contribution in [3.8, 4) is 11.3 Å². The number of nitrogens with one attached hydrogen (secondary N) is 1. The fourth-order valence-corrected chi connectivity index (χ4v) is 1.84. The third-order valence-electron chi connectivity index (χ3n) is 2.99. The molecule has 4 nitrogen and oxygen atoms in total. The van der Waals surface area contributed by atoms with Gasteiger partial charge in [-0.05, 0) is 37.3 Å². The zero-order valence-electron chi connectivity index (χ0n) is 9.39. The van der Waals surface area contributed by atoms with Crippen molar-refractivity contribution in [1.82, 2.24) is 15.0 Å². The lowest BCUT2D eigenvalue weighted by molar-refractivity contribution is 0.787. The van der Waals surface area contributed by atoms with Crippen molar-refractivity contribution in [3.05, 3.63) is 46.8 Å². The minimum Gasteiger partial charge on any atom is -0.325 e. The molecule has 4 heteroatoms. The Bertz CT molecular complexity index is 573. The van der Waals surface area contributed by atoms with Crippen molar-refractivity contribution >= 4 is 0 Å². The number of hydrogen-bond donors (Lipinski definition) is 1. The molecule has 2 aromatic rings. The zero-order chi connectivity index (χ0) is 11.7. The molecule has 0 aliphatic heterocycles. The first kappa shape index (κ1) is 10.2. The van der Waals surface area contributed by atoms with Crippen LogP contribution in [0.25, 0.3) is 11.3 Å². The van der Waals surface area contributed by atoms with E-state index in [0.29, 0.717) is 11.6 Å². The molecule has 2 heterocycles. The third-order valence-corrected chi connectivity index (χ3v) is 2.99. The first-order chi connectivity index (χ1) is 8.33. The van der Waals surface area contributed by atoms with Crippen molar-refractivity contribution in [3.63, 3.8) is 0 Å². The van der Waals surface area contributed by atoms with E-state index in [9.17, 15) is 4.79 Å². The SMILES string of the molecule is O=c1[nH]cc(-c2cccnc2)nc1CC1CC1. The second kappa shape index (κ2) is 4.13. The van der Waals surface area contributed by atoms with Gasteiger partial charge in [0.15, 0.2) is 0 Å². The maximum Gasteiger partial charge on any atom is 0.269 e. The molecule has 0 saturated heterocycles. The van der Waals surface area contributed by atoms with E-state index < -0.39 is 0 Å². The summed E-state index contributed by atoms with van der Waals surface area (Å²) in [6, 6.07) is 3.80. The van der Waals surface area contributed by atoms with E-state index in [4.69, 9.17) is 0 Å². The van der Waals surface area contributed by atoms with Crippen molar-refractivity contribution in [1.29, 1.82) is 0 Å². The van der Waals surface area contributed by atoms with Crippen LogP contribution in [0.15, 0.2) is 35.5 Å². The van der Waals surface area contributed by atoms with E-state index in [1.165, 1.54) is 12.8 Å². The maximum absolute atomic E-state index is 11.6. The molecule has 1 N–H and O–H groups in total. The molecule has 0 aromatic carbocycles. The van der Waals surface area contributed by atoms with Gasteiger partial charge in [-0.25, -0.2) is 4.98 Å². The van der Waals surface area contributed by atoms with Crippen molar-refractivity contribution in [2.24, 2.45) is 5.92 Å². The number of pyridine rings is 1. The Balaban J connectivity index is 1.98. The highest BCUT2D eigenvalue weighted by molar-refractivity contribution is 5.56. The van der Waals surface area contributed by atoms with Crippen LogP contribution in [0.3, 0.4) is 0 Å². The Morgan fingerprint density at radius 1 is 1.41 bits per heavy atom. The normalized spacial score (nSPS) is 14.8. The molecule has 0 unspecified atom stereocenters. The average molecular weight is 227 g/mol. The van der Waals surface area contributed by atoms with E-state index in [-0.39, 0.29) is 5.56 Å². The van der Waals surface area contributed by atoms with Gasteiger partial charge in [0, 0.05) is 24.2 Å². The fraction of sp³-hybridized carbons (Fsp3) is 0.308. The summed E-state index contributed by atoms with van der Waals surface area (Å²) in [6.07, 6.45) is 8.36. The maximum atomic E-state index is 11.6. The molecular formula is C13H13N3O. The van der Waals surface area contributed by atoms with Crippen LogP contribution in [0.2, 0.25) is 0 Å². The van der Waals surface area contributed by atoms with Gasteiger partial charge in [0.1, 0.15) is 5.69 Å². The van der Waals surface area contributed by atoms with Crippen LogP contribution in [0.4, 0.5) is 0 Å². The van der Waals surface area contributed by atoms with Gasteiger partial charge in [-0.1, -0.05) is 0 Å². The van der Waals surface area contributed by atoms with Gasteiger partial charge in [0.05, 0.1) is 5.69 Å². The van der Waals surface area contributed by atoms with Gasteiger partial charge in [-0.3, -0.25) is 9.78 Å². The lowest BCUT2D eigenvalue weighted by atomic mass is 10.2. The number of aromatic amines is 1. The standard InChI is InChI=1S/C13H13N3O/c17-13-11(6-9-3-4-9)16-12(8-15-13)10-2-1-5-14-7-10/h1-2,5,7-9H,3-4,6H2,(H,15,17). The van der Waals surface area contributed by atoms with E-state index in [0.717, 1.165) is 17.7 Å². The number of nitrogens with zero attached hydrogens (tertiary/aromatic N) is 2. The summed E-state index contributed by atoms with van der Waals surface area (Å²) >= 11 is 0. The highest BCUT2D eigenvalue weighted by Gasteiger charge is 2.23. The Morgan fingerprint density at radius 2 is 2.29 bits per heavy atom.